The lowest BCUT2D eigenvalue weighted by Gasteiger charge is -2.07. The first-order chi connectivity index (χ1) is 18.2. The second-order valence-electron chi connectivity index (χ2n) is 8.07. The minimum Gasteiger partial charge on any atom is -0.461 e. The Labute approximate surface area is 209 Å². The minimum absolute atomic E-state index is 0.157. The molecular formula is C25H21N9O3. The molecule has 1 aromatic carbocycles. The maximum Gasteiger partial charge on any atom is 0.326 e. The average Bonchev–Trinajstić information content (AvgIpc) is 3.67. The lowest BCUT2D eigenvalue weighted by atomic mass is 10.2. The number of urea groups is 1. The number of pyridine rings is 1. The Hall–Kier alpha value is -5.10. The van der Waals surface area contributed by atoms with E-state index in [1.807, 2.05) is 36.5 Å². The molecule has 0 saturated carbocycles. The van der Waals surface area contributed by atoms with Crippen molar-refractivity contribution in [2.45, 2.75) is 13.2 Å². The van der Waals surface area contributed by atoms with Crippen LogP contribution in [0.25, 0.3) is 28.3 Å². The Morgan fingerprint density at radius 3 is 2.65 bits per heavy atom. The minimum atomic E-state index is -0.497. The van der Waals surface area contributed by atoms with Crippen molar-refractivity contribution < 1.29 is 13.9 Å². The van der Waals surface area contributed by atoms with E-state index in [1.54, 1.807) is 47.6 Å². The van der Waals surface area contributed by atoms with Crippen LogP contribution in [-0.4, -0.2) is 47.0 Å². The van der Waals surface area contributed by atoms with Gasteiger partial charge in [-0.3, -0.25) is 15.0 Å². The standard InChI is InChI=1S/C25H21N9O3/c35-25(27-18-8-10-26-11-9-18)30-24-29-21-19(23-28-22(32-34(23)24)20-7-4-13-37-20)15-33(31-21)12-14-36-16-17-5-2-1-3-6-17/h1-11,13,15H,12,14,16H2,(H2,26,27,29,30,31,35). The molecule has 0 spiro atoms. The van der Waals surface area contributed by atoms with Gasteiger partial charge < -0.3 is 14.5 Å². The van der Waals surface area contributed by atoms with E-state index in [0.717, 1.165) is 5.56 Å². The van der Waals surface area contributed by atoms with Crippen LogP contribution < -0.4 is 10.6 Å². The number of hydrogen-bond acceptors (Lipinski definition) is 8. The molecule has 0 atom stereocenters. The number of carbonyl (C=O) groups is 1. The summed E-state index contributed by atoms with van der Waals surface area (Å²) in [5, 5.41) is 15.2. The van der Waals surface area contributed by atoms with Crippen molar-refractivity contribution >= 4 is 34.3 Å². The van der Waals surface area contributed by atoms with Gasteiger partial charge in [-0.1, -0.05) is 30.3 Å². The number of fused-ring (bicyclic) bond motifs is 3. The molecule has 0 bridgehead atoms. The van der Waals surface area contributed by atoms with E-state index in [-0.39, 0.29) is 5.95 Å². The second kappa shape index (κ2) is 9.87. The fourth-order valence-electron chi connectivity index (χ4n) is 3.76. The third-order valence-corrected chi connectivity index (χ3v) is 5.48. The molecule has 0 unspecified atom stereocenters. The number of rotatable bonds is 8. The fraction of sp³-hybridized carbons (Fsp3) is 0.120. The number of carbonyl (C=O) groups excluding carboxylic acids is 1. The third-order valence-electron chi connectivity index (χ3n) is 5.48. The molecule has 5 heterocycles. The van der Waals surface area contributed by atoms with Gasteiger partial charge in [0.2, 0.25) is 11.8 Å². The smallest absolute Gasteiger partial charge is 0.326 e. The van der Waals surface area contributed by atoms with Crippen LogP contribution in [-0.2, 0) is 17.9 Å². The van der Waals surface area contributed by atoms with Crippen LogP contribution >= 0.6 is 0 Å². The van der Waals surface area contributed by atoms with Crippen LogP contribution in [0.1, 0.15) is 5.56 Å². The number of aromatic nitrogens is 7. The van der Waals surface area contributed by atoms with Crippen LogP contribution in [0.4, 0.5) is 16.4 Å². The highest BCUT2D eigenvalue weighted by molar-refractivity contribution is 6.00. The maximum absolute atomic E-state index is 12.7. The first kappa shape index (κ1) is 22.4. The number of furan rings is 1. The Balaban J connectivity index is 1.28. The molecule has 0 aliphatic heterocycles. The summed E-state index contributed by atoms with van der Waals surface area (Å²) in [7, 11) is 0. The molecule has 6 rings (SSSR count). The molecule has 0 radical (unpaired) electrons. The number of benzene rings is 1. The molecule has 5 aromatic heterocycles. The summed E-state index contributed by atoms with van der Waals surface area (Å²) >= 11 is 0. The van der Waals surface area contributed by atoms with Gasteiger partial charge in [0.05, 0.1) is 31.4 Å². The highest BCUT2D eigenvalue weighted by atomic mass is 16.5. The normalized spacial score (nSPS) is 11.2. The van der Waals surface area contributed by atoms with E-state index in [9.17, 15) is 4.79 Å². The fourth-order valence-corrected chi connectivity index (χ4v) is 3.76. The van der Waals surface area contributed by atoms with Crippen molar-refractivity contribution in [3.8, 4) is 11.6 Å². The van der Waals surface area contributed by atoms with Crippen molar-refractivity contribution in [2.24, 2.45) is 0 Å². The number of ether oxygens (including phenoxy) is 1. The van der Waals surface area contributed by atoms with Crippen molar-refractivity contribution in [1.29, 1.82) is 0 Å². The van der Waals surface area contributed by atoms with Gasteiger partial charge in [0, 0.05) is 24.3 Å². The van der Waals surface area contributed by atoms with Crippen LogP contribution in [0, 0.1) is 0 Å². The number of nitrogens with zero attached hydrogens (tertiary/aromatic N) is 7. The molecule has 37 heavy (non-hydrogen) atoms. The molecule has 184 valence electrons. The Morgan fingerprint density at radius 2 is 1.84 bits per heavy atom. The largest absolute Gasteiger partial charge is 0.461 e. The summed E-state index contributed by atoms with van der Waals surface area (Å²) in [6.07, 6.45) is 6.55. The lowest BCUT2D eigenvalue weighted by Crippen LogP contribution is -2.22. The molecule has 2 N–H and O–H groups in total. The monoisotopic (exact) mass is 495 g/mol. The summed E-state index contributed by atoms with van der Waals surface area (Å²) in [5.41, 5.74) is 2.57. The van der Waals surface area contributed by atoms with Crippen molar-refractivity contribution in [3.63, 3.8) is 0 Å². The lowest BCUT2D eigenvalue weighted by molar-refractivity contribution is 0.111. The number of amides is 2. The van der Waals surface area contributed by atoms with E-state index in [0.29, 0.717) is 53.7 Å². The van der Waals surface area contributed by atoms with E-state index < -0.39 is 6.03 Å². The summed E-state index contributed by atoms with van der Waals surface area (Å²) in [4.78, 5) is 25.8. The molecule has 0 fully saturated rings. The van der Waals surface area contributed by atoms with Gasteiger partial charge in [-0.15, -0.1) is 5.10 Å². The van der Waals surface area contributed by atoms with E-state index in [2.05, 4.69) is 35.8 Å². The Morgan fingerprint density at radius 1 is 0.973 bits per heavy atom. The van der Waals surface area contributed by atoms with Crippen LogP contribution in [0.15, 0.2) is 83.9 Å². The molecule has 0 aliphatic rings. The molecule has 0 saturated heterocycles. The topological polar surface area (TPSA) is 137 Å². The Bertz CT molecular complexity index is 1650. The zero-order valence-electron chi connectivity index (χ0n) is 19.5. The Kier molecular flexibility index (Phi) is 5.97. The van der Waals surface area contributed by atoms with Crippen LogP contribution in [0.2, 0.25) is 0 Å². The van der Waals surface area contributed by atoms with E-state index >= 15 is 0 Å². The van der Waals surface area contributed by atoms with Crippen LogP contribution in [0.5, 0.6) is 0 Å². The van der Waals surface area contributed by atoms with E-state index in [4.69, 9.17) is 9.15 Å². The zero-order chi connectivity index (χ0) is 25.0. The van der Waals surface area contributed by atoms with Gasteiger partial charge in [-0.2, -0.15) is 14.6 Å². The molecular weight excluding hydrogens is 474 g/mol. The van der Waals surface area contributed by atoms with Gasteiger partial charge in [-0.25, -0.2) is 9.78 Å². The summed E-state index contributed by atoms with van der Waals surface area (Å²) < 4.78 is 14.5. The first-order valence-corrected chi connectivity index (χ1v) is 11.5. The van der Waals surface area contributed by atoms with Crippen molar-refractivity contribution in [2.75, 3.05) is 17.2 Å². The molecule has 2 amide bonds. The SMILES string of the molecule is O=C(Nc1ccncc1)Nc1nc2nn(CCOCc3ccccc3)cc2c2nc(-c3ccco3)nn12. The first-order valence-electron chi connectivity index (χ1n) is 11.5. The average molecular weight is 496 g/mol. The number of hydrogen-bond donors (Lipinski definition) is 2. The summed E-state index contributed by atoms with van der Waals surface area (Å²) in [5.74, 6) is 1.01. The predicted octanol–water partition coefficient (Wildman–Crippen LogP) is 3.99. The highest BCUT2D eigenvalue weighted by Gasteiger charge is 2.19. The quantitative estimate of drug-likeness (QED) is 0.302. The van der Waals surface area contributed by atoms with Gasteiger partial charge in [0.15, 0.2) is 17.1 Å². The number of anilines is 2. The maximum atomic E-state index is 12.7. The molecule has 6 aromatic rings. The molecule has 0 aliphatic carbocycles. The zero-order valence-corrected chi connectivity index (χ0v) is 19.5. The second-order valence-corrected chi connectivity index (χ2v) is 8.07. The van der Waals surface area contributed by atoms with Gasteiger partial charge in [0.1, 0.15) is 0 Å². The van der Waals surface area contributed by atoms with Crippen LogP contribution in [0.3, 0.4) is 0 Å². The highest BCUT2D eigenvalue weighted by Crippen LogP contribution is 2.24. The van der Waals surface area contributed by atoms with Crippen molar-refractivity contribution in [1.82, 2.24) is 34.3 Å². The van der Waals surface area contributed by atoms with Crippen molar-refractivity contribution in [3.05, 3.63) is 85.0 Å². The predicted molar refractivity (Wildman–Crippen MR) is 135 cm³/mol. The van der Waals surface area contributed by atoms with E-state index in [1.165, 1.54) is 4.52 Å². The van der Waals surface area contributed by atoms with Gasteiger partial charge in [0.25, 0.3) is 0 Å². The third kappa shape index (κ3) is 4.86. The summed E-state index contributed by atoms with van der Waals surface area (Å²) in [6, 6.07) is 16.3. The van der Waals surface area contributed by atoms with Gasteiger partial charge >= 0.3 is 6.03 Å². The summed E-state index contributed by atoms with van der Waals surface area (Å²) in [6.45, 7) is 1.49. The molecule has 12 heteroatoms. The number of nitrogens with one attached hydrogen (secondary N) is 2. The molecule has 12 nitrogen and oxygen atoms in total. The van der Waals surface area contributed by atoms with Gasteiger partial charge in [-0.05, 0) is 29.8 Å².